The first-order valence-corrected chi connectivity index (χ1v) is 10.1. The molecule has 0 saturated carbocycles. The minimum Gasteiger partial charge on any atom is -0.365 e. The number of rotatable bonds is 5. The molecule has 0 bridgehead atoms. The topological polar surface area (TPSA) is 103 Å². The van der Waals surface area contributed by atoms with Gasteiger partial charge in [-0.3, -0.25) is 14.9 Å². The lowest BCUT2D eigenvalue weighted by atomic mass is 9.90. The summed E-state index contributed by atoms with van der Waals surface area (Å²) in [6.45, 7) is 4.06. The van der Waals surface area contributed by atoms with Crippen molar-refractivity contribution in [2.24, 2.45) is 0 Å². The van der Waals surface area contributed by atoms with E-state index in [0.29, 0.717) is 18.7 Å². The molecule has 0 aliphatic carbocycles. The summed E-state index contributed by atoms with van der Waals surface area (Å²) in [5.74, 6) is -0.0613. The number of halogens is 1. The molecule has 2 atom stereocenters. The number of alkyl halides is 1. The van der Waals surface area contributed by atoms with Gasteiger partial charge in [0.05, 0.1) is 0 Å². The molecule has 2 unspecified atom stereocenters. The number of carbonyl (C=O) groups is 3. The average molecular weight is 425 g/mol. The lowest BCUT2D eigenvalue weighted by Crippen LogP contribution is -2.45. The third-order valence-corrected chi connectivity index (χ3v) is 5.80. The van der Waals surface area contributed by atoms with Crippen LogP contribution in [0.1, 0.15) is 33.5 Å². The molecule has 0 radical (unpaired) electrons. The maximum absolute atomic E-state index is 13.7. The van der Waals surface area contributed by atoms with Crippen LogP contribution in [0.5, 0.6) is 0 Å². The average Bonchev–Trinajstić information content (AvgIpc) is 3.33. The minimum atomic E-state index is -1.75. The zero-order valence-electron chi connectivity index (χ0n) is 17.4. The number of likely N-dealkylation sites (tertiary alicyclic amines) is 1. The molecule has 1 aromatic heterocycles. The second-order valence-corrected chi connectivity index (χ2v) is 8.08. The summed E-state index contributed by atoms with van der Waals surface area (Å²) in [6.07, 6.45) is 2.61. The van der Waals surface area contributed by atoms with Crippen molar-refractivity contribution in [1.82, 2.24) is 20.5 Å². The SMILES string of the molecule is Cc1cnc(NC2CCN(C(=O)c3ccc(C4(CF)NC(=O)NC4=O)cc3)C2)c(C)c1. The van der Waals surface area contributed by atoms with Gasteiger partial charge in [-0.1, -0.05) is 18.2 Å². The van der Waals surface area contributed by atoms with E-state index < -0.39 is 24.2 Å². The zero-order valence-corrected chi connectivity index (χ0v) is 17.4. The summed E-state index contributed by atoms with van der Waals surface area (Å²) >= 11 is 0. The van der Waals surface area contributed by atoms with E-state index in [9.17, 15) is 18.8 Å². The highest BCUT2D eigenvalue weighted by Gasteiger charge is 2.48. The fourth-order valence-electron chi connectivity index (χ4n) is 4.07. The Balaban J connectivity index is 1.43. The Bertz CT molecular complexity index is 1040. The van der Waals surface area contributed by atoms with Crippen LogP contribution in [-0.2, 0) is 10.3 Å². The highest BCUT2D eigenvalue weighted by Crippen LogP contribution is 2.27. The Labute approximate surface area is 179 Å². The van der Waals surface area contributed by atoms with E-state index >= 15 is 0 Å². The van der Waals surface area contributed by atoms with Crippen LogP contribution in [0, 0.1) is 13.8 Å². The first kappa shape index (κ1) is 20.8. The van der Waals surface area contributed by atoms with E-state index in [4.69, 9.17) is 0 Å². The van der Waals surface area contributed by atoms with Gasteiger partial charge in [0.1, 0.15) is 12.5 Å². The summed E-state index contributed by atoms with van der Waals surface area (Å²) < 4.78 is 13.7. The van der Waals surface area contributed by atoms with Crippen molar-refractivity contribution in [3.05, 3.63) is 58.8 Å². The van der Waals surface area contributed by atoms with Crippen LogP contribution in [0.25, 0.3) is 0 Å². The van der Waals surface area contributed by atoms with Gasteiger partial charge < -0.3 is 15.5 Å². The Morgan fingerprint density at radius 1 is 1.29 bits per heavy atom. The predicted molar refractivity (Wildman–Crippen MR) is 112 cm³/mol. The molecule has 2 fully saturated rings. The Morgan fingerprint density at radius 2 is 2.03 bits per heavy atom. The highest BCUT2D eigenvalue weighted by atomic mass is 19.1. The number of urea groups is 1. The van der Waals surface area contributed by atoms with E-state index in [1.165, 1.54) is 12.1 Å². The molecule has 4 amide bonds. The number of benzene rings is 1. The van der Waals surface area contributed by atoms with Crippen LogP contribution in [0.3, 0.4) is 0 Å². The first-order valence-electron chi connectivity index (χ1n) is 10.1. The fourth-order valence-corrected chi connectivity index (χ4v) is 4.07. The number of carbonyl (C=O) groups excluding carboxylic acids is 3. The molecule has 3 heterocycles. The van der Waals surface area contributed by atoms with Crippen molar-refractivity contribution >= 4 is 23.7 Å². The van der Waals surface area contributed by atoms with Crippen molar-refractivity contribution in [3.63, 3.8) is 0 Å². The van der Waals surface area contributed by atoms with Gasteiger partial charge in [-0.05, 0) is 49.1 Å². The maximum Gasteiger partial charge on any atom is 0.322 e. The first-order chi connectivity index (χ1) is 14.8. The Morgan fingerprint density at radius 3 is 2.65 bits per heavy atom. The molecule has 3 N–H and O–H groups in total. The number of hydrogen-bond donors (Lipinski definition) is 3. The number of aryl methyl sites for hydroxylation is 2. The standard InChI is InChI=1S/C22H24FN5O3/c1-13-9-14(2)18(24-10-13)25-17-7-8-28(11-17)19(29)15-3-5-16(6-4-15)22(12-23)20(30)26-21(31)27-22/h3-6,9-10,17H,7-8,11-12H2,1-2H3,(H,24,25)(H2,26,27,30,31). The van der Waals surface area contributed by atoms with Crippen molar-refractivity contribution in [2.75, 3.05) is 25.1 Å². The number of nitrogens with one attached hydrogen (secondary N) is 3. The number of nitrogens with zero attached hydrogens (tertiary/aromatic N) is 2. The number of pyridine rings is 1. The van der Waals surface area contributed by atoms with Crippen LogP contribution in [0.4, 0.5) is 15.0 Å². The molecule has 9 heteroatoms. The van der Waals surface area contributed by atoms with Gasteiger partial charge in [0.25, 0.3) is 11.8 Å². The molecular weight excluding hydrogens is 401 g/mol. The fraction of sp³-hybridized carbons (Fsp3) is 0.364. The van der Waals surface area contributed by atoms with Gasteiger partial charge in [0, 0.05) is 30.9 Å². The number of imide groups is 1. The molecule has 4 rings (SSSR count). The minimum absolute atomic E-state index is 0.101. The van der Waals surface area contributed by atoms with Gasteiger partial charge in [-0.15, -0.1) is 0 Å². The Kier molecular flexibility index (Phi) is 5.34. The molecule has 31 heavy (non-hydrogen) atoms. The van der Waals surface area contributed by atoms with Crippen LogP contribution >= 0.6 is 0 Å². The van der Waals surface area contributed by atoms with Crippen LogP contribution < -0.4 is 16.0 Å². The molecule has 0 spiro atoms. The molecule has 2 aliphatic rings. The third kappa shape index (κ3) is 3.83. The van der Waals surface area contributed by atoms with E-state index in [1.54, 1.807) is 17.0 Å². The quantitative estimate of drug-likeness (QED) is 0.636. The number of aromatic nitrogens is 1. The molecule has 2 saturated heterocycles. The smallest absolute Gasteiger partial charge is 0.322 e. The highest BCUT2D eigenvalue weighted by molar-refractivity contribution is 6.07. The molecule has 162 valence electrons. The summed E-state index contributed by atoms with van der Waals surface area (Å²) in [4.78, 5) is 42.6. The molecular formula is C22H24FN5O3. The number of amides is 4. The van der Waals surface area contributed by atoms with E-state index in [1.807, 2.05) is 20.0 Å². The van der Waals surface area contributed by atoms with Crippen LogP contribution in [-0.4, -0.2) is 53.5 Å². The van der Waals surface area contributed by atoms with Crippen molar-refractivity contribution in [3.8, 4) is 0 Å². The lowest BCUT2D eigenvalue weighted by molar-refractivity contribution is -0.124. The largest absolute Gasteiger partial charge is 0.365 e. The normalized spacial score (nSPS) is 22.9. The molecule has 2 aliphatic heterocycles. The number of hydrogen-bond acceptors (Lipinski definition) is 5. The molecule has 8 nitrogen and oxygen atoms in total. The van der Waals surface area contributed by atoms with Crippen molar-refractivity contribution < 1.29 is 18.8 Å². The summed E-state index contributed by atoms with van der Waals surface area (Å²) in [6, 6.07) is 7.54. The molecule has 1 aromatic carbocycles. The van der Waals surface area contributed by atoms with Gasteiger partial charge in [-0.2, -0.15) is 0 Å². The van der Waals surface area contributed by atoms with Crippen molar-refractivity contribution in [1.29, 1.82) is 0 Å². The second kappa shape index (κ2) is 7.98. The van der Waals surface area contributed by atoms with Crippen molar-refractivity contribution in [2.45, 2.75) is 31.8 Å². The monoisotopic (exact) mass is 425 g/mol. The van der Waals surface area contributed by atoms with Gasteiger partial charge >= 0.3 is 6.03 Å². The summed E-state index contributed by atoms with van der Waals surface area (Å²) in [5, 5.41) is 7.80. The van der Waals surface area contributed by atoms with Gasteiger partial charge in [0.15, 0.2) is 5.54 Å². The molecule has 2 aromatic rings. The van der Waals surface area contributed by atoms with Gasteiger partial charge in [0.2, 0.25) is 0 Å². The van der Waals surface area contributed by atoms with Crippen LogP contribution in [0.15, 0.2) is 36.5 Å². The van der Waals surface area contributed by atoms with E-state index in [0.717, 1.165) is 23.4 Å². The van der Waals surface area contributed by atoms with Crippen LogP contribution in [0.2, 0.25) is 0 Å². The summed E-state index contributed by atoms with van der Waals surface area (Å²) in [5.41, 5.74) is 1.13. The Hall–Kier alpha value is -3.49. The zero-order chi connectivity index (χ0) is 22.2. The van der Waals surface area contributed by atoms with E-state index in [-0.39, 0.29) is 17.5 Å². The summed E-state index contributed by atoms with van der Waals surface area (Å²) in [7, 11) is 0. The lowest BCUT2D eigenvalue weighted by Gasteiger charge is -2.23. The van der Waals surface area contributed by atoms with E-state index in [2.05, 4.69) is 27.0 Å². The maximum atomic E-state index is 13.7. The van der Waals surface area contributed by atoms with Gasteiger partial charge in [-0.25, -0.2) is 14.2 Å². The second-order valence-electron chi connectivity index (χ2n) is 8.08. The predicted octanol–water partition coefficient (Wildman–Crippen LogP) is 2.03. The number of anilines is 1. The third-order valence-electron chi connectivity index (χ3n) is 5.80.